The summed E-state index contributed by atoms with van der Waals surface area (Å²) in [5.41, 5.74) is 1.71. The van der Waals surface area contributed by atoms with Gasteiger partial charge in [-0.3, -0.25) is 0 Å². The summed E-state index contributed by atoms with van der Waals surface area (Å²) < 4.78 is 4.96. The number of nitrogens with zero attached hydrogens (tertiary/aromatic N) is 2. The maximum atomic E-state index is 4.96. The second-order valence-corrected chi connectivity index (χ2v) is 3.40. The normalized spacial score (nSPS) is 12.8. The van der Waals surface area contributed by atoms with Crippen LogP contribution in [-0.2, 0) is 4.74 Å². The van der Waals surface area contributed by atoms with Gasteiger partial charge in [-0.25, -0.2) is 0 Å². The Labute approximate surface area is 76.0 Å². The van der Waals surface area contributed by atoms with Gasteiger partial charge in [0, 0.05) is 19.8 Å². The largest absolute Gasteiger partial charge is 0.385 e. The van der Waals surface area contributed by atoms with E-state index in [4.69, 9.17) is 4.74 Å². The molecule has 0 aliphatic rings. The number of aromatic nitrogens is 2. The Morgan fingerprint density at radius 2 is 2.58 bits per heavy atom. The minimum absolute atomic E-state index is 0.387. The van der Waals surface area contributed by atoms with Crippen molar-refractivity contribution in [3.63, 3.8) is 0 Å². The van der Waals surface area contributed by atoms with Crippen LogP contribution in [0.3, 0.4) is 0 Å². The maximum Gasteiger partial charge on any atom is 0.205 e. The minimum atomic E-state index is 0.387. The van der Waals surface area contributed by atoms with Crippen LogP contribution in [0.2, 0.25) is 0 Å². The predicted molar refractivity (Wildman–Crippen MR) is 49.5 cm³/mol. The molecule has 1 unspecified atom stereocenters. The maximum absolute atomic E-state index is 4.96. The summed E-state index contributed by atoms with van der Waals surface area (Å²) in [4.78, 5) is 0. The van der Waals surface area contributed by atoms with Crippen LogP contribution in [0.15, 0.2) is 5.51 Å². The second-order valence-electron chi connectivity index (χ2n) is 2.57. The highest BCUT2D eigenvalue weighted by atomic mass is 32.1. The van der Waals surface area contributed by atoms with Gasteiger partial charge in [-0.15, -0.1) is 10.2 Å². The van der Waals surface area contributed by atoms with E-state index in [0.717, 1.165) is 18.2 Å². The molecule has 0 radical (unpaired) electrons. The fourth-order valence-electron chi connectivity index (χ4n) is 0.814. The van der Waals surface area contributed by atoms with Crippen molar-refractivity contribution < 1.29 is 4.74 Å². The first kappa shape index (κ1) is 9.41. The van der Waals surface area contributed by atoms with Crippen LogP contribution < -0.4 is 5.32 Å². The Morgan fingerprint density at radius 3 is 3.17 bits per heavy atom. The van der Waals surface area contributed by atoms with Crippen LogP contribution in [0.25, 0.3) is 0 Å². The van der Waals surface area contributed by atoms with Gasteiger partial charge in [-0.05, 0) is 13.3 Å². The number of anilines is 1. The number of hydrogen-bond acceptors (Lipinski definition) is 5. The van der Waals surface area contributed by atoms with Crippen LogP contribution in [0.5, 0.6) is 0 Å². The summed E-state index contributed by atoms with van der Waals surface area (Å²) in [7, 11) is 1.71. The molecule has 0 aromatic carbocycles. The average Bonchev–Trinajstić information content (AvgIpc) is 2.53. The molecule has 1 atom stereocenters. The fourth-order valence-corrected chi connectivity index (χ4v) is 1.37. The van der Waals surface area contributed by atoms with Crippen molar-refractivity contribution in [3.8, 4) is 0 Å². The highest BCUT2D eigenvalue weighted by molar-refractivity contribution is 7.13. The molecule has 0 saturated carbocycles. The number of rotatable bonds is 5. The molecule has 0 aliphatic heterocycles. The molecule has 68 valence electrons. The fraction of sp³-hybridized carbons (Fsp3) is 0.714. The van der Waals surface area contributed by atoms with Crippen LogP contribution in [-0.4, -0.2) is 30.0 Å². The molecular formula is C7H13N3OS. The Kier molecular flexibility index (Phi) is 3.96. The zero-order valence-electron chi connectivity index (χ0n) is 7.28. The number of ether oxygens (including phenoxy) is 1. The third kappa shape index (κ3) is 3.15. The van der Waals surface area contributed by atoms with Crippen molar-refractivity contribution >= 4 is 16.5 Å². The van der Waals surface area contributed by atoms with Crippen molar-refractivity contribution in [3.05, 3.63) is 5.51 Å². The lowest BCUT2D eigenvalue weighted by Gasteiger charge is -2.10. The Balaban J connectivity index is 2.22. The monoisotopic (exact) mass is 187 g/mol. The van der Waals surface area contributed by atoms with Gasteiger partial charge in [0.1, 0.15) is 5.51 Å². The molecule has 0 spiro atoms. The van der Waals surface area contributed by atoms with Gasteiger partial charge in [-0.2, -0.15) is 0 Å². The van der Waals surface area contributed by atoms with E-state index >= 15 is 0 Å². The average molecular weight is 187 g/mol. The van der Waals surface area contributed by atoms with Gasteiger partial charge in [-0.1, -0.05) is 11.3 Å². The van der Waals surface area contributed by atoms with E-state index in [1.54, 1.807) is 12.6 Å². The van der Waals surface area contributed by atoms with Crippen molar-refractivity contribution in [2.24, 2.45) is 0 Å². The lowest BCUT2D eigenvalue weighted by atomic mass is 10.2. The topological polar surface area (TPSA) is 47.0 Å². The van der Waals surface area contributed by atoms with E-state index in [2.05, 4.69) is 22.4 Å². The van der Waals surface area contributed by atoms with Crippen molar-refractivity contribution in [2.45, 2.75) is 19.4 Å². The SMILES string of the molecule is COCCC(C)Nc1nncs1. The van der Waals surface area contributed by atoms with E-state index in [1.807, 2.05) is 0 Å². The summed E-state index contributed by atoms with van der Waals surface area (Å²) in [5.74, 6) is 0. The van der Waals surface area contributed by atoms with E-state index in [0.29, 0.717) is 6.04 Å². The second kappa shape index (κ2) is 5.05. The van der Waals surface area contributed by atoms with Crippen LogP contribution >= 0.6 is 11.3 Å². The van der Waals surface area contributed by atoms with Crippen LogP contribution in [0.4, 0.5) is 5.13 Å². The first-order valence-corrected chi connectivity index (χ1v) is 4.72. The first-order valence-electron chi connectivity index (χ1n) is 3.84. The van der Waals surface area contributed by atoms with Gasteiger partial charge in [0.15, 0.2) is 0 Å². The first-order chi connectivity index (χ1) is 5.83. The van der Waals surface area contributed by atoms with E-state index in [1.165, 1.54) is 11.3 Å². The third-order valence-electron chi connectivity index (χ3n) is 1.48. The summed E-state index contributed by atoms with van der Waals surface area (Å²) >= 11 is 1.51. The van der Waals surface area contributed by atoms with Crippen molar-refractivity contribution in [2.75, 3.05) is 19.0 Å². The van der Waals surface area contributed by atoms with E-state index < -0.39 is 0 Å². The molecule has 1 aromatic rings. The van der Waals surface area contributed by atoms with Gasteiger partial charge >= 0.3 is 0 Å². The van der Waals surface area contributed by atoms with E-state index in [9.17, 15) is 0 Å². The molecule has 0 saturated heterocycles. The molecule has 0 aliphatic carbocycles. The summed E-state index contributed by atoms with van der Waals surface area (Å²) in [6.45, 7) is 2.87. The van der Waals surface area contributed by atoms with E-state index in [-0.39, 0.29) is 0 Å². The van der Waals surface area contributed by atoms with Gasteiger partial charge in [0.2, 0.25) is 5.13 Å². The Hall–Kier alpha value is -0.680. The predicted octanol–water partition coefficient (Wildman–Crippen LogP) is 1.37. The van der Waals surface area contributed by atoms with Crippen LogP contribution in [0.1, 0.15) is 13.3 Å². The summed E-state index contributed by atoms with van der Waals surface area (Å²) in [5, 5.41) is 11.7. The summed E-state index contributed by atoms with van der Waals surface area (Å²) in [6.07, 6.45) is 0.982. The molecule has 1 rings (SSSR count). The van der Waals surface area contributed by atoms with Crippen molar-refractivity contribution in [1.82, 2.24) is 10.2 Å². The molecule has 0 amide bonds. The van der Waals surface area contributed by atoms with Gasteiger partial charge < -0.3 is 10.1 Å². The molecule has 0 bridgehead atoms. The van der Waals surface area contributed by atoms with Crippen LogP contribution in [0, 0.1) is 0 Å². The number of nitrogens with one attached hydrogen (secondary N) is 1. The Morgan fingerprint density at radius 1 is 1.75 bits per heavy atom. The highest BCUT2D eigenvalue weighted by Gasteiger charge is 2.02. The highest BCUT2D eigenvalue weighted by Crippen LogP contribution is 2.10. The van der Waals surface area contributed by atoms with Gasteiger partial charge in [0.25, 0.3) is 0 Å². The minimum Gasteiger partial charge on any atom is -0.385 e. The molecule has 12 heavy (non-hydrogen) atoms. The smallest absolute Gasteiger partial charge is 0.205 e. The molecule has 4 nitrogen and oxygen atoms in total. The molecule has 1 aromatic heterocycles. The third-order valence-corrected chi connectivity index (χ3v) is 2.11. The molecule has 5 heteroatoms. The lowest BCUT2D eigenvalue weighted by Crippen LogP contribution is -2.16. The Bertz CT molecular complexity index is 202. The number of methoxy groups -OCH3 is 1. The molecule has 1 heterocycles. The van der Waals surface area contributed by atoms with Crippen molar-refractivity contribution in [1.29, 1.82) is 0 Å². The summed E-state index contributed by atoms with van der Waals surface area (Å²) in [6, 6.07) is 0.387. The zero-order valence-corrected chi connectivity index (χ0v) is 8.10. The molecular weight excluding hydrogens is 174 g/mol. The quantitative estimate of drug-likeness (QED) is 0.756. The standard InChI is InChI=1S/C7H13N3OS/c1-6(3-4-11-2)9-7-10-8-5-12-7/h5-6H,3-4H2,1-2H3,(H,9,10). The molecule has 1 N–H and O–H groups in total. The zero-order chi connectivity index (χ0) is 8.81. The lowest BCUT2D eigenvalue weighted by molar-refractivity contribution is 0.191. The number of hydrogen-bond donors (Lipinski definition) is 1. The molecule has 0 fully saturated rings. The van der Waals surface area contributed by atoms with Gasteiger partial charge in [0.05, 0.1) is 0 Å².